The summed E-state index contributed by atoms with van der Waals surface area (Å²) in [7, 11) is 1.97. The van der Waals surface area contributed by atoms with Crippen LogP contribution >= 0.6 is 0 Å². The first-order chi connectivity index (χ1) is 7.95. The zero-order valence-electron chi connectivity index (χ0n) is 12.9. The summed E-state index contributed by atoms with van der Waals surface area (Å²) in [6.45, 7) is 10.3. The molecule has 0 unspecified atom stereocenters. The van der Waals surface area contributed by atoms with Gasteiger partial charge < -0.3 is 17.1 Å². The van der Waals surface area contributed by atoms with Crippen molar-refractivity contribution in [2.75, 3.05) is 13.6 Å². The average Bonchev–Trinajstić information content (AvgIpc) is 2.28. The van der Waals surface area contributed by atoms with E-state index in [-0.39, 0.29) is 32.1 Å². The zero-order chi connectivity index (χ0) is 13.0. The molecule has 0 spiro atoms. The molecule has 19 heavy (non-hydrogen) atoms. The molecule has 100 valence electrons. The van der Waals surface area contributed by atoms with Gasteiger partial charge in [0.05, 0.1) is 12.0 Å². The summed E-state index contributed by atoms with van der Waals surface area (Å²) in [5.41, 5.74) is 3.48. The zero-order valence-corrected chi connectivity index (χ0v) is 12.9. The molecule has 0 N–H and O–H groups in total. The van der Waals surface area contributed by atoms with Crippen LogP contribution in [-0.4, -0.2) is 30.6 Å². The van der Waals surface area contributed by atoms with Crippen molar-refractivity contribution in [2.24, 2.45) is 4.99 Å². The van der Waals surface area contributed by atoms with Gasteiger partial charge in [-0.15, -0.1) is 17.2 Å². The van der Waals surface area contributed by atoms with E-state index in [1.54, 1.807) is 6.34 Å². The molecule has 0 saturated carbocycles. The van der Waals surface area contributed by atoms with Gasteiger partial charge in [-0.1, -0.05) is 13.0 Å². The molecule has 1 rings (SSSR count). The van der Waals surface area contributed by atoms with Crippen LogP contribution in [0.5, 0.6) is 0 Å². The Hall–Kier alpha value is -1.17. The summed E-state index contributed by atoms with van der Waals surface area (Å²) in [5.74, 6) is -0.146. The normalized spacial score (nSPS) is 9.68. The summed E-state index contributed by atoms with van der Waals surface area (Å²) in [6.07, 6.45) is 1.80. The maximum absolute atomic E-state index is 11.3. The van der Waals surface area contributed by atoms with Crippen molar-refractivity contribution >= 4 is 17.8 Å². The van der Waals surface area contributed by atoms with Crippen molar-refractivity contribution in [3.8, 4) is 0 Å². The summed E-state index contributed by atoms with van der Waals surface area (Å²) in [4.78, 5) is 17.7. The first kappa shape index (κ1) is 20.2. The van der Waals surface area contributed by atoms with Gasteiger partial charge in [0.25, 0.3) is 0 Å². The van der Waals surface area contributed by atoms with Gasteiger partial charge in [-0.25, -0.2) is 4.99 Å². The third-order valence-corrected chi connectivity index (χ3v) is 2.74. The fourth-order valence-electron chi connectivity index (χ4n) is 1.48. The quantitative estimate of drug-likeness (QED) is 0.256. The number of benzene rings is 1. The minimum absolute atomic E-state index is 0. The number of carbonyl (C=O) groups is 1. The van der Waals surface area contributed by atoms with Gasteiger partial charge in [0.1, 0.15) is 0 Å². The van der Waals surface area contributed by atoms with Crippen LogP contribution in [0.25, 0.3) is 0 Å². The number of carbonyl (C=O) groups excluding carboxylic acids is 1. The first-order valence-corrected chi connectivity index (χ1v) is 5.67. The number of rotatable bonds is 4. The summed E-state index contributed by atoms with van der Waals surface area (Å²) < 4.78 is 0. The predicted molar refractivity (Wildman–Crippen MR) is 78.5 cm³/mol. The first-order valence-electron chi connectivity index (χ1n) is 5.67. The van der Waals surface area contributed by atoms with Gasteiger partial charge in [-0.3, -0.25) is 0 Å². The van der Waals surface area contributed by atoms with E-state index < -0.39 is 0 Å². The molecular formula is C15H22LiN2O-. The molecule has 0 saturated heterocycles. The second kappa shape index (κ2) is 8.85. The van der Waals surface area contributed by atoms with Crippen molar-refractivity contribution in [1.29, 1.82) is 0 Å². The molecule has 0 atom stereocenters. The van der Waals surface area contributed by atoms with Crippen molar-refractivity contribution in [1.82, 2.24) is 4.90 Å². The minimum atomic E-state index is -0.146. The smallest absolute Gasteiger partial charge is 0.366 e. The fourth-order valence-corrected chi connectivity index (χ4v) is 1.48. The van der Waals surface area contributed by atoms with Gasteiger partial charge in [0, 0.05) is 19.4 Å². The number of hydrogen-bond acceptors (Lipinski definition) is 2. The number of Topliss-reactive ketones (excluding diaryl/α,β-unsaturated/α-hetero) is 1. The van der Waals surface area contributed by atoms with Crippen LogP contribution in [0.2, 0.25) is 0 Å². The van der Waals surface area contributed by atoms with Crippen LogP contribution in [0.4, 0.5) is 5.69 Å². The molecule has 0 aliphatic heterocycles. The van der Waals surface area contributed by atoms with Crippen LogP contribution in [0.15, 0.2) is 17.1 Å². The van der Waals surface area contributed by atoms with Crippen molar-refractivity contribution < 1.29 is 23.7 Å². The van der Waals surface area contributed by atoms with E-state index in [4.69, 9.17) is 0 Å². The molecule has 0 aromatic heterocycles. The van der Waals surface area contributed by atoms with Crippen LogP contribution in [-0.2, 0) is 0 Å². The van der Waals surface area contributed by atoms with Gasteiger partial charge in [0.2, 0.25) is 0 Å². The Kier molecular flexibility index (Phi) is 9.38. The molecule has 1 aromatic carbocycles. The third kappa shape index (κ3) is 5.55. The Labute approximate surface area is 129 Å². The topological polar surface area (TPSA) is 32.7 Å². The molecule has 0 bridgehead atoms. The van der Waals surface area contributed by atoms with Crippen LogP contribution < -0.4 is 18.9 Å². The molecule has 0 radical (unpaired) electrons. The van der Waals surface area contributed by atoms with Gasteiger partial charge in [-0.2, -0.15) is 6.92 Å². The van der Waals surface area contributed by atoms with E-state index in [0.29, 0.717) is 5.56 Å². The summed E-state index contributed by atoms with van der Waals surface area (Å²) >= 11 is 0. The molecular weight excluding hydrogens is 231 g/mol. The SMILES string of the molecule is [CH2-]C(=O)c1cc(C)c(N=CN(C)CC)cc1C.[CH3-].[Li+]. The Morgan fingerprint density at radius 1 is 1.37 bits per heavy atom. The minimum Gasteiger partial charge on any atom is -0.366 e. The third-order valence-electron chi connectivity index (χ3n) is 2.74. The second-order valence-corrected chi connectivity index (χ2v) is 4.19. The second-order valence-electron chi connectivity index (χ2n) is 4.19. The Morgan fingerprint density at radius 3 is 2.42 bits per heavy atom. The van der Waals surface area contributed by atoms with Gasteiger partial charge in [-0.05, 0) is 19.4 Å². The maximum Gasteiger partial charge on any atom is 1.00 e. The van der Waals surface area contributed by atoms with Crippen LogP contribution in [0.3, 0.4) is 0 Å². The molecule has 0 aliphatic carbocycles. The number of hydrogen-bond donors (Lipinski definition) is 0. The number of aliphatic imine (C=N–C) groups is 1. The molecule has 4 heteroatoms. The maximum atomic E-state index is 11.3. The van der Waals surface area contributed by atoms with Gasteiger partial charge >= 0.3 is 18.9 Å². The average molecular weight is 253 g/mol. The molecule has 0 heterocycles. The van der Waals surface area contributed by atoms with E-state index in [9.17, 15) is 4.79 Å². The number of nitrogens with zero attached hydrogens (tertiary/aromatic N) is 2. The van der Waals surface area contributed by atoms with E-state index in [1.807, 2.05) is 37.9 Å². The summed E-state index contributed by atoms with van der Waals surface area (Å²) in [6, 6.07) is 3.77. The monoisotopic (exact) mass is 253 g/mol. The van der Waals surface area contributed by atoms with Gasteiger partial charge in [0.15, 0.2) is 0 Å². The van der Waals surface area contributed by atoms with Crippen LogP contribution in [0, 0.1) is 28.2 Å². The predicted octanol–water partition coefficient (Wildman–Crippen LogP) is 0.386. The molecule has 1 aromatic rings. The van der Waals surface area contributed by atoms with E-state index >= 15 is 0 Å². The van der Waals surface area contributed by atoms with Crippen molar-refractivity contribution in [3.63, 3.8) is 0 Å². The standard InChI is InChI=1S/C14H19N2O.CH3.Li/c1-6-16(5)9-15-14-8-10(2)13(12(4)17)7-11(14)3;;/h7-9H,4,6H2,1-3,5H3;1H3;/q2*-1;+1. The molecule has 0 fully saturated rings. The van der Waals surface area contributed by atoms with E-state index in [1.165, 1.54) is 0 Å². The summed E-state index contributed by atoms with van der Waals surface area (Å²) in [5, 5.41) is 0. The van der Waals surface area contributed by atoms with E-state index in [2.05, 4.69) is 18.8 Å². The molecule has 3 nitrogen and oxygen atoms in total. The fraction of sp³-hybridized carbons (Fsp3) is 0.333. The molecule has 0 aliphatic rings. The number of aryl methyl sites for hydroxylation is 2. The molecule has 0 amide bonds. The van der Waals surface area contributed by atoms with Crippen molar-refractivity contribution in [2.45, 2.75) is 20.8 Å². The van der Waals surface area contributed by atoms with Crippen molar-refractivity contribution in [3.05, 3.63) is 43.2 Å². The largest absolute Gasteiger partial charge is 1.00 e. The van der Waals surface area contributed by atoms with Crippen LogP contribution in [0.1, 0.15) is 28.4 Å². The van der Waals surface area contributed by atoms with E-state index in [0.717, 1.165) is 23.4 Å². The number of ketones is 1. The Morgan fingerprint density at radius 2 is 1.95 bits per heavy atom. The Bertz CT molecular complexity index is 456. The Balaban J connectivity index is 0.